The molecular formula is C28H32N2O3. The Morgan fingerprint density at radius 3 is 2.48 bits per heavy atom. The normalized spacial score (nSPS) is 18.7. The van der Waals surface area contributed by atoms with E-state index in [0.29, 0.717) is 32.2 Å². The first-order valence-corrected chi connectivity index (χ1v) is 11.7. The van der Waals surface area contributed by atoms with Crippen LogP contribution in [0.5, 0.6) is 5.75 Å². The molecule has 4 rings (SSSR count). The van der Waals surface area contributed by atoms with Crippen molar-refractivity contribution in [1.82, 2.24) is 10.6 Å². The molecule has 3 aromatic rings. The summed E-state index contributed by atoms with van der Waals surface area (Å²) in [6.07, 6.45) is 2.93. The Balaban J connectivity index is 1.44. The lowest BCUT2D eigenvalue weighted by molar-refractivity contribution is -0.122. The van der Waals surface area contributed by atoms with Crippen molar-refractivity contribution in [2.24, 2.45) is 0 Å². The van der Waals surface area contributed by atoms with Crippen molar-refractivity contribution in [3.8, 4) is 5.75 Å². The third kappa shape index (κ3) is 5.36. The number of carbonyl (C=O) groups excluding carboxylic acids is 2. The Hall–Kier alpha value is -3.34. The Labute approximate surface area is 195 Å². The van der Waals surface area contributed by atoms with Gasteiger partial charge in [0.15, 0.2) is 0 Å². The number of benzene rings is 3. The van der Waals surface area contributed by atoms with E-state index < -0.39 is 5.54 Å². The monoisotopic (exact) mass is 444 g/mol. The molecule has 1 aliphatic heterocycles. The number of carbonyl (C=O) groups is 2. The van der Waals surface area contributed by atoms with Gasteiger partial charge in [-0.3, -0.25) is 9.59 Å². The van der Waals surface area contributed by atoms with Gasteiger partial charge in [0.2, 0.25) is 11.8 Å². The summed E-state index contributed by atoms with van der Waals surface area (Å²) < 4.78 is 5.53. The van der Waals surface area contributed by atoms with E-state index in [2.05, 4.69) is 47.9 Å². The molecule has 0 radical (unpaired) electrons. The van der Waals surface area contributed by atoms with Crippen molar-refractivity contribution in [3.05, 3.63) is 77.9 Å². The minimum Gasteiger partial charge on any atom is -0.496 e. The van der Waals surface area contributed by atoms with Crippen molar-refractivity contribution >= 4 is 22.6 Å². The first-order chi connectivity index (χ1) is 16.0. The van der Waals surface area contributed by atoms with Crippen LogP contribution in [-0.2, 0) is 16.0 Å². The van der Waals surface area contributed by atoms with Gasteiger partial charge in [0, 0.05) is 30.3 Å². The fourth-order valence-corrected chi connectivity index (χ4v) is 4.82. The highest BCUT2D eigenvalue weighted by atomic mass is 16.5. The van der Waals surface area contributed by atoms with Crippen LogP contribution >= 0.6 is 0 Å². The summed E-state index contributed by atoms with van der Waals surface area (Å²) in [5.41, 5.74) is 1.96. The van der Waals surface area contributed by atoms with Crippen molar-refractivity contribution in [2.75, 3.05) is 13.7 Å². The number of fused-ring (bicyclic) bond motifs is 1. The Bertz CT molecular complexity index is 1130. The molecule has 1 fully saturated rings. The molecule has 2 N–H and O–H groups in total. The lowest BCUT2D eigenvalue weighted by Gasteiger charge is -2.30. The summed E-state index contributed by atoms with van der Waals surface area (Å²) in [6.45, 7) is 2.72. The summed E-state index contributed by atoms with van der Waals surface area (Å²) in [6, 6.07) is 22.4. The summed E-state index contributed by atoms with van der Waals surface area (Å²) in [5.74, 6) is 1.18. The molecule has 0 aromatic heterocycles. The average Bonchev–Trinajstić information content (AvgIpc) is 3.22. The predicted octanol–water partition coefficient (Wildman–Crippen LogP) is 4.74. The topological polar surface area (TPSA) is 67.4 Å². The van der Waals surface area contributed by atoms with Crippen LogP contribution in [0.15, 0.2) is 66.7 Å². The number of rotatable bonds is 9. The smallest absolute Gasteiger partial charge is 0.220 e. The summed E-state index contributed by atoms with van der Waals surface area (Å²) in [4.78, 5) is 24.9. The van der Waals surface area contributed by atoms with E-state index in [1.165, 1.54) is 5.56 Å². The van der Waals surface area contributed by atoms with Gasteiger partial charge in [0.25, 0.3) is 0 Å². The van der Waals surface area contributed by atoms with Crippen LogP contribution in [0.4, 0.5) is 0 Å². The molecule has 0 bridgehead atoms. The first-order valence-electron chi connectivity index (χ1n) is 11.7. The van der Waals surface area contributed by atoms with Gasteiger partial charge < -0.3 is 15.4 Å². The summed E-state index contributed by atoms with van der Waals surface area (Å²) >= 11 is 0. The van der Waals surface area contributed by atoms with Crippen LogP contribution in [0.3, 0.4) is 0 Å². The van der Waals surface area contributed by atoms with Gasteiger partial charge in [-0.25, -0.2) is 0 Å². The van der Waals surface area contributed by atoms with E-state index in [1.54, 1.807) is 7.11 Å². The molecule has 33 heavy (non-hydrogen) atoms. The molecule has 3 aromatic carbocycles. The van der Waals surface area contributed by atoms with Gasteiger partial charge in [0.1, 0.15) is 5.75 Å². The summed E-state index contributed by atoms with van der Waals surface area (Å²) in [5, 5.41) is 8.46. The number of nitrogens with one attached hydrogen (secondary N) is 2. The zero-order chi connectivity index (χ0) is 23.3. The molecule has 172 valence electrons. The first kappa shape index (κ1) is 22.8. The highest BCUT2D eigenvalue weighted by molar-refractivity contribution is 5.91. The molecule has 5 nitrogen and oxygen atoms in total. The third-order valence-corrected chi connectivity index (χ3v) is 6.76. The lowest BCUT2D eigenvalue weighted by atomic mass is 9.83. The second kappa shape index (κ2) is 10.1. The van der Waals surface area contributed by atoms with Gasteiger partial charge in [-0.2, -0.15) is 0 Å². The SMILES string of the molecule is COc1ccc(C[C@]2(CCC(=O)NC[C@H](C)c3ccccc3)CCC(=O)N2)c2ccccc12. The lowest BCUT2D eigenvalue weighted by Crippen LogP contribution is -2.44. The fourth-order valence-electron chi connectivity index (χ4n) is 4.82. The van der Waals surface area contributed by atoms with Crippen molar-refractivity contribution in [2.45, 2.75) is 50.5 Å². The van der Waals surface area contributed by atoms with Crippen LogP contribution in [-0.4, -0.2) is 31.0 Å². The minimum atomic E-state index is -0.406. The van der Waals surface area contributed by atoms with E-state index in [9.17, 15) is 9.59 Å². The van der Waals surface area contributed by atoms with Crippen LogP contribution in [0.2, 0.25) is 0 Å². The molecular weight excluding hydrogens is 412 g/mol. The number of amides is 2. The zero-order valence-corrected chi connectivity index (χ0v) is 19.4. The highest BCUT2D eigenvalue weighted by Gasteiger charge is 2.38. The number of hydrogen-bond donors (Lipinski definition) is 2. The van der Waals surface area contributed by atoms with Crippen LogP contribution in [0, 0.1) is 0 Å². The average molecular weight is 445 g/mol. The number of hydrogen-bond acceptors (Lipinski definition) is 3. The van der Waals surface area contributed by atoms with Gasteiger partial charge >= 0.3 is 0 Å². The molecule has 0 aliphatic carbocycles. The van der Waals surface area contributed by atoms with E-state index in [0.717, 1.165) is 28.5 Å². The maximum Gasteiger partial charge on any atom is 0.220 e. The molecule has 1 heterocycles. The zero-order valence-electron chi connectivity index (χ0n) is 19.4. The van der Waals surface area contributed by atoms with Crippen molar-refractivity contribution in [3.63, 3.8) is 0 Å². The van der Waals surface area contributed by atoms with Crippen molar-refractivity contribution in [1.29, 1.82) is 0 Å². The molecule has 0 unspecified atom stereocenters. The van der Waals surface area contributed by atoms with E-state index in [1.807, 2.05) is 36.4 Å². The second-order valence-corrected chi connectivity index (χ2v) is 9.09. The Morgan fingerprint density at radius 1 is 1.06 bits per heavy atom. The number of methoxy groups -OCH3 is 1. The van der Waals surface area contributed by atoms with Gasteiger partial charge in [-0.1, -0.05) is 67.6 Å². The van der Waals surface area contributed by atoms with Crippen molar-refractivity contribution < 1.29 is 14.3 Å². The molecule has 1 aliphatic rings. The molecule has 5 heteroatoms. The van der Waals surface area contributed by atoms with Crippen LogP contribution in [0.25, 0.3) is 10.8 Å². The second-order valence-electron chi connectivity index (χ2n) is 9.09. The van der Waals surface area contributed by atoms with Gasteiger partial charge in [-0.15, -0.1) is 0 Å². The third-order valence-electron chi connectivity index (χ3n) is 6.76. The maximum atomic E-state index is 12.7. The summed E-state index contributed by atoms with van der Waals surface area (Å²) in [7, 11) is 1.68. The molecule has 2 amide bonds. The van der Waals surface area contributed by atoms with Crippen LogP contribution in [0.1, 0.15) is 49.7 Å². The Kier molecular flexibility index (Phi) is 6.97. The minimum absolute atomic E-state index is 0.0258. The largest absolute Gasteiger partial charge is 0.496 e. The molecule has 0 saturated carbocycles. The quantitative estimate of drug-likeness (QED) is 0.501. The van der Waals surface area contributed by atoms with E-state index in [4.69, 9.17) is 4.74 Å². The predicted molar refractivity (Wildman–Crippen MR) is 131 cm³/mol. The highest BCUT2D eigenvalue weighted by Crippen LogP contribution is 2.35. The maximum absolute atomic E-state index is 12.7. The van der Waals surface area contributed by atoms with Crippen LogP contribution < -0.4 is 15.4 Å². The standard InChI is InChI=1S/C28H32N2O3/c1-20(21-8-4-3-5-9-21)19-29-26(31)14-16-28(17-15-27(32)30-28)18-22-12-13-25(33-2)24-11-7-6-10-23(22)24/h3-13,20H,14-19H2,1-2H3,(H,29,31)(H,30,32)/t20-,28-/m0/s1. The number of ether oxygens (including phenoxy) is 1. The van der Waals surface area contributed by atoms with E-state index >= 15 is 0 Å². The fraction of sp³-hybridized carbons (Fsp3) is 0.357. The van der Waals surface area contributed by atoms with Gasteiger partial charge in [-0.05, 0) is 47.8 Å². The molecule has 2 atom stereocenters. The Morgan fingerprint density at radius 2 is 1.79 bits per heavy atom. The van der Waals surface area contributed by atoms with E-state index in [-0.39, 0.29) is 17.7 Å². The van der Waals surface area contributed by atoms with Gasteiger partial charge in [0.05, 0.1) is 7.11 Å². The molecule has 0 spiro atoms. The molecule has 1 saturated heterocycles.